The number of fused-ring (bicyclic) bond motifs is 1. The van der Waals surface area contributed by atoms with Crippen LogP contribution in [-0.2, 0) is 13.0 Å². The predicted molar refractivity (Wildman–Crippen MR) is 100 cm³/mol. The summed E-state index contributed by atoms with van der Waals surface area (Å²) >= 11 is 11.9. The van der Waals surface area contributed by atoms with Gasteiger partial charge in [-0.3, -0.25) is 9.89 Å². The van der Waals surface area contributed by atoms with Gasteiger partial charge in [-0.2, -0.15) is 5.10 Å². The van der Waals surface area contributed by atoms with E-state index in [1.54, 1.807) is 18.2 Å². The maximum atomic E-state index is 12.2. The number of aromatic nitrogens is 2. The number of amides is 1. The molecule has 0 saturated carbocycles. The Morgan fingerprint density at radius 2 is 2.20 bits per heavy atom. The van der Waals surface area contributed by atoms with Crippen molar-refractivity contribution < 1.29 is 9.53 Å². The molecule has 0 bridgehead atoms. The van der Waals surface area contributed by atoms with Gasteiger partial charge in [-0.15, -0.1) is 12.4 Å². The van der Waals surface area contributed by atoms with Crippen molar-refractivity contribution in [3.63, 3.8) is 0 Å². The fourth-order valence-corrected chi connectivity index (χ4v) is 3.01. The van der Waals surface area contributed by atoms with Crippen molar-refractivity contribution in [2.75, 3.05) is 19.7 Å². The Balaban J connectivity index is 0.00000225. The predicted octanol–water partition coefficient (Wildman–Crippen LogP) is 2.98. The first kappa shape index (κ1) is 19.8. The maximum absolute atomic E-state index is 12.2. The van der Waals surface area contributed by atoms with E-state index in [1.807, 2.05) is 0 Å². The molecule has 0 spiro atoms. The summed E-state index contributed by atoms with van der Waals surface area (Å²) in [6, 6.07) is 5.08. The van der Waals surface area contributed by atoms with Crippen LogP contribution in [0.25, 0.3) is 0 Å². The maximum Gasteiger partial charge on any atom is 0.272 e. The number of nitrogens with one attached hydrogen (secondary N) is 3. The van der Waals surface area contributed by atoms with E-state index < -0.39 is 0 Å². The van der Waals surface area contributed by atoms with Crippen LogP contribution in [0.3, 0.4) is 0 Å². The summed E-state index contributed by atoms with van der Waals surface area (Å²) in [4.78, 5) is 12.2. The lowest BCUT2D eigenvalue weighted by Crippen LogP contribution is -2.29. The fraction of sp³-hybridized carbons (Fsp3) is 0.375. The quantitative estimate of drug-likeness (QED) is 0.646. The zero-order valence-electron chi connectivity index (χ0n) is 13.4. The van der Waals surface area contributed by atoms with Gasteiger partial charge in [0.15, 0.2) is 5.69 Å². The number of benzene rings is 1. The van der Waals surface area contributed by atoms with Crippen molar-refractivity contribution in [2.24, 2.45) is 0 Å². The molecule has 1 aromatic heterocycles. The minimum absolute atomic E-state index is 0. The minimum Gasteiger partial charge on any atom is -0.492 e. The van der Waals surface area contributed by atoms with Crippen molar-refractivity contribution >= 4 is 41.5 Å². The van der Waals surface area contributed by atoms with Crippen molar-refractivity contribution in [3.05, 3.63) is 45.2 Å². The van der Waals surface area contributed by atoms with Crippen LogP contribution in [-0.4, -0.2) is 35.8 Å². The molecule has 0 unspecified atom stereocenters. The molecule has 2 heterocycles. The van der Waals surface area contributed by atoms with Gasteiger partial charge in [-0.1, -0.05) is 23.2 Å². The van der Waals surface area contributed by atoms with Gasteiger partial charge in [0, 0.05) is 42.3 Å². The minimum atomic E-state index is -0.166. The third kappa shape index (κ3) is 5.01. The van der Waals surface area contributed by atoms with E-state index in [4.69, 9.17) is 27.9 Å². The first-order chi connectivity index (χ1) is 11.6. The van der Waals surface area contributed by atoms with Crippen molar-refractivity contribution in [1.82, 2.24) is 20.8 Å². The van der Waals surface area contributed by atoms with Gasteiger partial charge in [0.05, 0.1) is 11.6 Å². The molecule has 0 atom stereocenters. The van der Waals surface area contributed by atoms with E-state index in [1.165, 1.54) is 0 Å². The SMILES string of the molecule is Cl.O=C(NCCCOc1ccc(Cl)cc1Cl)c1n[nH]c2c1CNCC2. The molecule has 0 fully saturated rings. The number of nitrogens with zero attached hydrogens (tertiary/aromatic N) is 1. The number of carbonyl (C=O) groups excluding carboxylic acids is 1. The molecule has 6 nitrogen and oxygen atoms in total. The number of ether oxygens (including phenoxy) is 1. The Labute approximate surface area is 162 Å². The summed E-state index contributed by atoms with van der Waals surface area (Å²) in [6.45, 7) is 2.52. The lowest BCUT2D eigenvalue weighted by atomic mass is 10.1. The molecule has 136 valence electrons. The molecule has 0 radical (unpaired) electrons. The molecule has 9 heteroatoms. The number of hydrogen-bond acceptors (Lipinski definition) is 4. The second kappa shape index (κ2) is 9.29. The molecule has 1 aromatic carbocycles. The van der Waals surface area contributed by atoms with Gasteiger partial charge < -0.3 is 15.4 Å². The molecular weight excluding hydrogens is 387 g/mol. The van der Waals surface area contributed by atoms with Crippen LogP contribution in [0.1, 0.15) is 28.2 Å². The molecule has 1 aliphatic rings. The lowest BCUT2D eigenvalue weighted by molar-refractivity contribution is 0.0945. The Kier molecular flexibility index (Phi) is 7.38. The summed E-state index contributed by atoms with van der Waals surface area (Å²) in [5.41, 5.74) is 2.47. The second-order valence-corrected chi connectivity index (χ2v) is 6.33. The van der Waals surface area contributed by atoms with E-state index in [2.05, 4.69) is 20.8 Å². The second-order valence-electron chi connectivity index (χ2n) is 5.49. The van der Waals surface area contributed by atoms with Crippen LogP contribution in [0.15, 0.2) is 18.2 Å². The van der Waals surface area contributed by atoms with Crippen LogP contribution >= 0.6 is 35.6 Å². The summed E-state index contributed by atoms with van der Waals surface area (Å²) in [5, 5.41) is 14.2. The topological polar surface area (TPSA) is 79.0 Å². The molecule has 0 aliphatic carbocycles. The van der Waals surface area contributed by atoms with Crippen LogP contribution in [0, 0.1) is 0 Å². The number of aromatic amines is 1. The number of carbonyl (C=O) groups is 1. The molecule has 0 saturated heterocycles. The monoisotopic (exact) mass is 404 g/mol. The summed E-state index contributed by atoms with van der Waals surface area (Å²) in [7, 11) is 0. The third-order valence-corrected chi connectivity index (χ3v) is 4.31. The number of H-pyrrole nitrogens is 1. The van der Waals surface area contributed by atoms with Crippen LogP contribution < -0.4 is 15.4 Å². The standard InChI is InChI=1S/C16H18Cl2N4O2.ClH/c17-10-2-3-14(12(18)8-10)24-7-1-5-20-16(23)15-11-9-19-6-4-13(11)21-22-15;/h2-3,8,19H,1,4-7,9H2,(H,20,23)(H,21,22);1H. The van der Waals surface area contributed by atoms with Gasteiger partial charge in [0.1, 0.15) is 5.75 Å². The van der Waals surface area contributed by atoms with E-state index in [0.717, 1.165) is 24.2 Å². The molecule has 1 aliphatic heterocycles. The molecule has 25 heavy (non-hydrogen) atoms. The molecule has 3 rings (SSSR count). The van der Waals surface area contributed by atoms with Crippen LogP contribution in [0.2, 0.25) is 10.0 Å². The lowest BCUT2D eigenvalue weighted by Gasteiger charge is -2.13. The van der Waals surface area contributed by atoms with Crippen LogP contribution in [0.4, 0.5) is 0 Å². The Morgan fingerprint density at radius 1 is 1.36 bits per heavy atom. The van der Waals surface area contributed by atoms with Crippen molar-refractivity contribution in [3.8, 4) is 5.75 Å². The number of rotatable bonds is 6. The van der Waals surface area contributed by atoms with E-state index in [9.17, 15) is 4.79 Å². The van der Waals surface area contributed by atoms with Gasteiger partial charge >= 0.3 is 0 Å². The smallest absolute Gasteiger partial charge is 0.272 e. The van der Waals surface area contributed by atoms with Gasteiger partial charge in [0.25, 0.3) is 5.91 Å². The Morgan fingerprint density at radius 3 is 3.00 bits per heavy atom. The highest BCUT2D eigenvalue weighted by Gasteiger charge is 2.21. The summed E-state index contributed by atoms with van der Waals surface area (Å²) in [6.07, 6.45) is 1.53. The van der Waals surface area contributed by atoms with E-state index in [-0.39, 0.29) is 18.3 Å². The number of halogens is 3. The highest BCUT2D eigenvalue weighted by atomic mass is 35.5. The van der Waals surface area contributed by atoms with Gasteiger partial charge in [-0.25, -0.2) is 0 Å². The van der Waals surface area contributed by atoms with Gasteiger partial charge in [0.2, 0.25) is 0 Å². The summed E-state index contributed by atoms with van der Waals surface area (Å²) < 4.78 is 5.58. The molecular formula is C16H19Cl3N4O2. The first-order valence-electron chi connectivity index (χ1n) is 7.78. The summed E-state index contributed by atoms with van der Waals surface area (Å²) in [5.74, 6) is 0.417. The average Bonchev–Trinajstić information content (AvgIpc) is 3.00. The normalized spacial score (nSPS) is 12.9. The average molecular weight is 406 g/mol. The molecule has 3 N–H and O–H groups in total. The number of hydrogen-bond donors (Lipinski definition) is 3. The van der Waals surface area contributed by atoms with E-state index in [0.29, 0.717) is 47.6 Å². The van der Waals surface area contributed by atoms with E-state index >= 15 is 0 Å². The largest absolute Gasteiger partial charge is 0.492 e. The highest BCUT2D eigenvalue weighted by Crippen LogP contribution is 2.27. The van der Waals surface area contributed by atoms with Gasteiger partial charge in [-0.05, 0) is 24.6 Å². The molecule has 2 aromatic rings. The highest BCUT2D eigenvalue weighted by molar-refractivity contribution is 6.35. The molecule has 1 amide bonds. The fourth-order valence-electron chi connectivity index (χ4n) is 2.55. The zero-order valence-corrected chi connectivity index (χ0v) is 15.7. The Bertz CT molecular complexity index is 736. The first-order valence-corrected chi connectivity index (χ1v) is 8.53. The third-order valence-electron chi connectivity index (χ3n) is 3.78. The Hall–Kier alpha value is -1.47. The zero-order chi connectivity index (χ0) is 16.9. The van der Waals surface area contributed by atoms with Crippen molar-refractivity contribution in [2.45, 2.75) is 19.4 Å². The van der Waals surface area contributed by atoms with Crippen molar-refractivity contribution in [1.29, 1.82) is 0 Å². The van der Waals surface area contributed by atoms with Crippen LogP contribution in [0.5, 0.6) is 5.75 Å².